The van der Waals surface area contributed by atoms with E-state index in [2.05, 4.69) is 60.5 Å². The maximum atomic E-state index is 4.38. The first-order valence-electron chi connectivity index (χ1n) is 6.07. The summed E-state index contributed by atoms with van der Waals surface area (Å²) in [5.41, 5.74) is 6.59. The number of benzene rings is 1. The molecule has 2 aromatic rings. The first-order valence-corrected chi connectivity index (χ1v) is 9.57. The van der Waals surface area contributed by atoms with Gasteiger partial charge < -0.3 is 0 Å². The minimum atomic E-state index is -1.29. The van der Waals surface area contributed by atoms with Crippen molar-refractivity contribution in [3.63, 3.8) is 0 Å². The molecule has 1 heterocycles. The molecule has 3 heteroatoms. The number of nitrogens with zero attached hydrogens (tertiary/aromatic N) is 2. The summed E-state index contributed by atoms with van der Waals surface area (Å²) in [6.45, 7) is 6.76. The summed E-state index contributed by atoms with van der Waals surface area (Å²) in [6, 6.07) is 10.3. The molecule has 0 aliphatic rings. The Balaban J connectivity index is 2.22. The Labute approximate surface area is 110 Å². The van der Waals surface area contributed by atoms with Gasteiger partial charge in [0.1, 0.15) is 8.07 Å². The van der Waals surface area contributed by atoms with Gasteiger partial charge in [-0.1, -0.05) is 37.7 Å². The molecule has 1 aromatic carbocycles. The Kier molecular flexibility index (Phi) is 3.40. The number of aromatic nitrogens is 2. The van der Waals surface area contributed by atoms with E-state index in [4.69, 9.17) is 0 Å². The van der Waals surface area contributed by atoms with E-state index >= 15 is 0 Å². The Hall–Kier alpha value is -1.79. The zero-order valence-electron chi connectivity index (χ0n) is 11.4. The van der Waals surface area contributed by atoms with Gasteiger partial charge >= 0.3 is 0 Å². The molecular formula is C15H18N2Si. The second kappa shape index (κ2) is 4.83. The topological polar surface area (TPSA) is 17.8 Å². The van der Waals surface area contributed by atoms with Gasteiger partial charge in [0.2, 0.25) is 0 Å². The molecule has 0 aliphatic carbocycles. The molecule has 0 aliphatic heterocycles. The standard InChI is InChI=1S/C15H18N2Si/c1-17-11-9-15(16-17)14-7-5-13(6-8-14)10-12-18(2,3)4/h5-9,11H,1-4H3. The van der Waals surface area contributed by atoms with Crippen LogP contribution in [0.3, 0.4) is 0 Å². The first kappa shape index (κ1) is 12.7. The van der Waals surface area contributed by atoms with Crippen LogP contribution in [-0.2, 0) is 7.05 Å². The van der Waals surface area contributed by atoms with Crippen molar-refractivity contribution in [2.75, 3.05) is 0 Å². The van der Waals surface area contributed by atoms with Gasteiger partial charge in [-0.15, -0.1) is 5.54 Å². The second-order valence-electron chi connectivity index (χ2n) is 5.45. The highest BCUT2D eigenvalue weighted by atomic mass is 28.3. The van der Waals surface area contributed by atoms with Crippen molar-refractivity contribution in [1.82, 2.24) is 9.78 Å². The van der Waals surface area contributed by atoms with Gasteiger partial charge in [0.05, 0.1) is 5.69 Å². The average molecular weight is 254 g/mol. The largest absolute Gasteiger partial charge is 0.275 e. The van der Waals surface area contributed by atoms with Gasteiger partial charge in [-0.2, -0.15) is 5.10 Å². The van der Waals surface area contributed by atoms with Crippen LogP contribution in [0.15, 0.2) is 36.5 Å². The number of hydrogen-bond donors (Lipinski definition) is 0. The minimum Gasteiger partial charge on any atom is -0.275 e. The van der Waals surface area contributed by atoms with Gasteiger partial charge in [0, 0.05) is 24.4 Å². The van der Waals surface area contributed by atoms with E-state index in [-0.39, 0.29) is 0 Å². The fraction of sp³-hybridized carbons (Fsp3) is 0.267. The summed E-state index contributed by atoms with van der Waals surface area (Å²) in [5.74, 6) is 3.25. The average Bonchev–Trinajstić information content (AvgIpc) is 2.73. The molecule has 0 unspecified atom stereocenters. The third-order valence-corrected chi connectivity index (χ3v) is 3.35. The predicted octanol–water partition coefficient (Wildman–Crippen LogP) is 3.32. The lowest BCUT2D eigenvalue weighted by atomic mass is 10.1. The fourth-order valence-corrected chi connectivity index (χ4v) is 2.07. The van der Waals surface area contributed by atoms with Gasteiger partial charge in [0.25, 0.3) is 0 Å². The van der Waals surface area contributed by atoms with Crippen molar-refractivity contribution in [3.05, 3.63) is 42.1 Å². The smallest absolute Gasteiger partial charge is 0.129 e. The summed E-state index contributed by atoms with van der Waals surface area (Å²) >= 11 is 0. The van der Waals surface area contributed by atoms with E-state index in [1.165, 1.54) is 0 Å². The van der Waals surface area contributed by atoms with Crippen molar-refractivity contribution >= 4 is 8.07 Å². The molecule has 0 saturated heterocycles. The third kappa shape index (κ3) is 3.35. The molecule has 18 heavy (non-hydrogen) atoms. The van der Waals surface area contributed by atoms with Crippen LogP contribution in [0.5, 0.6) is 0 Å². The second-order valence-corrected chi connectivity index (χ2v) is 10.2. The maximum absolute atomic E-state index is 4.38. The van der Waals surface area contributed by atoms with Crippen LogP contribution in [0.4, 0.5) is 0 Å². The molecule has 0 amide bonds. The normalized spacial score (nSPS) is 10.9. The van der Waals surface area contributed by atoms with Crippen molar-refractivity contribution in [1.29, 1.82) is 0 Å². The quantitative estimate of drug-likeness (QED) is 0.564. The molecule has 92 valence electrons. The summed E-state index contributed by atoms with van der Waals surface area (Å²) in [4.78, 5) is 0. The van der Waals surface area contributed by atoms with Crippen molar-refractivity contribution in [3.8, 4) is 22.7 Å². The van der Waals surface area contributed by atoms with E-state index in [0.717, 1.165) is 16.8 Å². The molecule has 0 atom stereocenters. The molecule has 0 N–H and O–H groups in total. The molecule has 0 radical (unpaired) electrons. The monoisotopic (exact) mass is 254 g/mol. The molecular weight excluding hydrogens is 236 g/mol. The minimum absolute atomic E-state index is 1.00. The zero-order valence-corrected chi connectivity index (χ0v) is 12.4. The van der Waals surface area contributed by atoms with Crippen molar-refractivity contribution in [2.24, 2.45) is 7.05 Å². The van der Waals surface area contributed by atoms with Crippen molar-refractivity contribution < 1.29 is 0 Å². The van der Waals surface area contributed by atoms with Crippen LogP contribution in [-0.4, -0.2) is 17.9 Å². The van der Waals surface area contributed by atoms with E-state index in [1.807, 2.05) is 24.0 Å². The van der Waals surface area contributed by atoms with Gasteiger partial charge in [-0.05, 0) is 18.2 Å². The Morgan fingerprint density at radius 1 is 1.06 bits per heavy atom. The highest BCUT2D eigenvalue weighted by Crippen LogP contribution is 2.16. The summed E-state index contributed by atoms with van der Waals surface area (Å²) in [6.07, 6.45) is 1.95. The van der Waals surface area contributed by atoms with Gasteiger partial charge in [-0.3, -0.25) is 4.68 Å². The van der Waals surface area contributed by atoms with Crippen LogP contribution < -0.4 is 0 Å². The number of rotatable bonds is 1. The lowest BCUT2D eigenvalue weighted by Gasteiger charge is -2.03. The maximum Gasteiger partial charge on any atom is 0.129 e. The van der Waals surface area contributed by atoms with Crippen LogP contribution in [0.25, 0.3) is 11.3 Å². The molecule has 0 saturated carbocycles. The van der Waals surface area contributed by atoms with Crippen LogP contribution in [0.2, 0.25) is 19.6 Å². The molecule has 2 rings (SSSR count). The zero-order chi connectivity index (χ0) is 13.2. The number of hydrogen-bond acceptors (Lipinski definition) is 1. The lowest BCUT2D eigenvalue weighted by Crippen LogP contribution is -2.16. The predicted molar refractivity (Wildman–Crippen MR) is 78.9 cm³/mol. The van der Waals surface area contributed by atoms with E-state index < -0.39 is 8.07 Å². The SMILES string of the molecule is Cn1ccc(-c2ccc(C#C[Si](C)(C)C)cc2)n1. The molecule has 0 bridgehead atoms. The summed E-state index contributed by atoms with van der Waals surface area (Å²) < 4.78 is 1.81. The van der Waals surface area contributed by atoms with Crippen LogP contribution >= 0.6 is 0 Å². The van der Waals surface area contributed by atoms with Crippen molar-refractivity contribution in [2.45, 2.75) is 19.6 Å². The summed E-state index contributed by atoms with van der Waals surface area (Å²) in [7, 11) is 0.637. The lowest BCUT2D eigenvalue weighted by molar-refractivity contribution is 0.771. The molecule has 0 spiro atoms. The van der Waals surface area contributed by atoms with E-state index in [1.54, 1.807) is 0 Å². The van der Waals surface area contributed by atoms with Gasteiger partial charge in [-0.25, -0.2) is 0 Å². The Morgan fingerprint density at radius 2 is 1.72 bits per heavy atom. The third-order valence-electron chi connectivity index (χ3n) is 2.48. The number of aryl methyl sites for hydroxylation is 1. The first-order chi connectivity index (χ1) is 8.44. The Morgan fingerprint density at radius 3 is 2.22 bits per heavy atom. The highest BCUT2D eigenvalue weighted by molar-refractivity contribution is 6.83. The molecule has 1 aromatic heterocycles. The molecule has 2 nitrogen and oxygen atoms in total. The van der Waals surface area contributed by atoms with E-state index in [9.17, 15) is 0 Å². The van der Waals surface area contributed by atoms with E-state index in [0.29, 0.717) is 0 Å². The fourth-order valence-electron chi connectivity index (χ4n) is 1.55. The highest BCUT2D eigenvalue weighted by Gasteiger charge is 2.07. The Bertz CT molecular complexity index is 592. The van der Waals surface area contributed by atoms with Crippen LogP contribution in [0.1, 0.15) is 5.56 Å². The summed E-state index contributed by atoms with van der Waals surface area (Å²) in [5, 5.41) is 4.38. The van der Waals surface area contributed by atoms with Crippen LogP contribution in [0, 0.1) is 11.5 Å². The molecule has 0 fully saturated rings. The van der Waals surface area contributed by atoms with Gasteiger partial charge in [0.15, 0.2) is 0 Å².